The highest BCUT2D eigenvalue weighted by Gasteiger charge is 2.19. The Hall–Kier alpha value is -3.96. The number of hydrogen-bond acceptors (Lipinski definition) is 9. The van der Waals surface area contributed by atoms with Gasteiger partial charge in [-0.2, -0.15) is 0 Å². The molecular formula is C25H26N2O8S. The van der Waals surface area contributed by atoms with E-state index in [1.807, 2.05) is 0 Å². The first-order chi connectivity index (χ1) is 17.2. The number of nitro groups is 1. The van der Waals surface area contributed by atoms with Gasteiger partial charge in [-0.1, -0.05) is 6.08 Å². The Morgan fingerprint density at radius 3 is 2.19 bits per heavy atom. The zero-order valence-electron chi connectivity index (χ0n) is 20.2. The quantitative estimate of drug-likeness (QED) is 0.339. The SMILES string of the molecule is COc1cc(OC)c(C=CS(=O)(=O)CC2=CC(=Nc3ccc([N+](=O)[O-])cc3)C(OC)C=C2)c(OC)c1. The first kappa shape index (κ1) is 26.6. The summed E-state index contributed by atoms with van der Waals surface area (Å²) in [7, 11) is 2.26. The molecule has 1 unspecified atom stereocenters. The molecule has 0 amide bonds. The van der Waals surface area contributed by atoms with E-state index in [-0.39, 0.29) is 11.4 Å². The second-order valence-electron chi connectivity index (χ2n) is 7.60. The Morgan fingerprint density at radius 2 is 1.67 bits per heavy atom. The van der Waals surface area contributed by atoms with Gasteiger partial charge in [-0.05, 0) is 35.9 Å². The molecule has 36 heavy (non-hydrogen) atoms. The summed E-state index contributed by atoms with van der Waals surface area (Å²) in [6, 6.07) is 8.99. The van der Waals surface area contributed by atoms with Crippen molar-refractivity contribution in [2.24, 2.45) is 4.99 Å². The lowest BCUT2D eigenvalue weighted by Gasteiger charge is -2.17. The molecule has 1 aliphatic carbocycles. The fraction of sp³-hybridized carbons (Fsp3) is 0.240. The van der Waals surface area contributed by atoms with Crippen molar-refractivity contribution in [3.05, 3.63) is 81.3 Å². The number of ether oxygens (including phenoxy) is 4. The van der Waals surface area contributed by atoms with Crippen LogP contribution in [-0.4, -0.2) is 59.3 Å². The van der Waals surface area contributed by atoms with Gasteiger partial charge in [0.1, 0.15) is 23.4 Å². The summed E-state index contributed by atoms with van der Waals surface area (Å²) in [5.41, 5.74) is 1.86. The second-order valence-corrected chi connectivity index (χ2v) is 9.49. The third-order valence-corrected chi connectivity index (χ3v) is 6.53. The molecular weight excluding hydrogens is 488 g/mol. The van der Waals surface area contributed by atoms with Crippen molar-refractivity contribution in [1.29, 1.82) is 0 Å². The van der Waals surface area contributed by atoms with Crippen LogP contribution in [0.2, 0.25) is 0 Å². The molecule has 0 aromatic heterocycles. The highest BCUT2D eigenvalue weighted by molar-refractivity contribution is 7.94. The maximum absolute atomic E-state index is 12.9. The van der Waals surface area contributed by atoms with Crippen molar-refractivity contribution >= 4 is 33.0 Å². The zero-order valence-corrected chi connectivity index (χ0v) is 21.0. The fourth-order valence-corrected chi connectivity index (χ4v) is 4.55. The van der Waals surface area contributed by atoms with Gasteiger partial charge in [-0.25, -0.2) is 8.42 Å². The predicted octanol–water partition coefficient (Wildman–Crippen LogP) is 4.29. The number of rotatable bonds is 10. The van der Waals surface area contributed by atoms with Crippen molar-refractivity contribution in [2.45, 2.75) is 6.10 Å². The number of sulfone groups is 1. The molecule has 0 fully saturated rings. The van der Waals surface area contributed by atoms with E-state index in [0.29, 0.717) is 39.8 Å². The number of non-ortho nitro benzene ring substituents is 1. The van der Waals surface area contributed by atoms with Crippen molar-refractivity contribution in [3.8, 4) is 17.2 Å². The van der Waals surface area contributed by atoms with Gasteiger partial charge < -0.3 is 18.9 Å². The summed E-state index contributed by atoms with van der Waals surface area (Å²) in [5.74, 6) is 1.02. The Bertz CT molecular complexity index is 1320. The maximum atomic E-state index is 12.9. The molecule has 0 saturated carbocycles. The van der Waals surface area contributed by atoms with Crippen LogP contribution < -0.4 is 14.2 Å². The molecule has 0 N–H and O–H groups in total. The van der Waals surface area contributed by atoms with Gasteiger partial charge in [0, 0.05) is 36.8 Å². The molecule has 3 rings (SSSR count). The molecule has 0 bridgehead atoms. The number of nitrogens with zero attached hydrogens (tertiary/aromatic N) is 2. The highest BCUT2D eigenvalue weighted by atomic mass is 32.2. The van der Waals surface area contributed by atoms with E-state index in [2.05, 4.69) is 4.99 Å². The van der Waals surface area contributed by atoms with E-state index in [4.69, 9.17) is 18.9 Å². The molecule has 10 nitrogen and oxygen atoms in total. The summed E-state index contributed by atoms with van der Waals surface area (Å²) >= 11 is 0. The van der Waals surface area contributed by atoms with Gasteiger partial charge in [0.15, 0.2) is 9.84 Å². The standard InChI is InChI=1S/C25H26N2O8S/c1-32-20-14-24(34-3)21(25(15-20)35-4)11-12-36(30,31)16-17-5-10-23(33-2)22(13-17)26-18-6-8-19(9-7-18)27(28)29/h5-15,23H,16H2,1-4H3. The smallest absolute Gasteiger partial charge is 0.269 e. The molecule has 0 heterocycles. The normalized spacial score (nSPS) is 16.7. The molecule has 2 aromatic carbocycles. The van der Waals surface area contributed by atoms with Gasteiger partial charge >= 0.3 is 0 Å². The van der Waals surface area contributed by atoms with Gasteiger partial charge in [-0.15, -0.1) is 0 Å². The van der Waals surface area contributed by atoms with Crippen LogP contribution >= 0.6 is 0 Å². The molecule has 11 heteroatoms. The molecule has 0 radical (unpaired) electrons. The Morgan fingerprint density at radius 1 is 1.03 bits per heavy atom. The largest absolute Gasteiger partial charge is 0.496 e. The minimum Gasteiger partial charge on any atom is -0.496 e. The Balaban J connectivity index is 1.87. The predicted molar refractivity (Wildman–Crippen MR) is 137 cm³/mol. The number of benzene rings is 2. The number of aliphatic imine (C=N–C) groups is 1. The van der Waals surface area contributed by atoms with Gasteiger partial charge in [0.05, 0.1) is 49.0 Å². The number of methoxy groups -OCH3 is 4. The zero-order chi connectivity index (χ0) is 26.3. The van der Waals surface area contributed by atoms with Gasteiger partial charge in [0.25, 0.3) is 5.69 Å². The Labute approximate surface area is 209 Å². The lowest BCUT2D eigenvalue weighted by molar-refractivity contribution is -0.384. The van der Waals surface area contributed by atoms with Crippen LogP contribution in [0.3, 0.4) is 0 Å². The first-order valence-corrected chi connectivity index (χ1v) is 12.4. The van der Waals surface area contributed by atoms with Gasteiger partial charge in [0.2, 0.25) is 0 Å². The van der Waals surface area contributed by atoms with E-state index < -0.39 is 20.9 Å². The van der Waals surface area contributed by atoms with Crippen molar-refractivity contribution in [2.75, 3.05) is 34.2 Å². The maximum Gasteiger partial charge on any atom is 0.269 e. The summed E-state index contributed by atoms with van der Waals surface area (Å²) in [4.78, 5) is 14.9. The molecule has 1 aliphatic rings. The minimum atomic E-state index is -3.69. The van der Waals surface area contributed by atoms with Crippen LogP contribution in [0.4, 0.5) is 11.4 Å². The highest BCUT2D eigenvalue weighted by Crippen LogP contribution is 2.35. The monoisotopic (exact) mass is 514 g/mol. The number of allylic oxidation sites excluding steroid dienone is 1. The molecule has 0 saturated heterocycles. The lowest BCUT2D eigenvalue weighted by Crippen LogP contribution is -2.22. The summed E-state index contributed by atoms with van der Waals surface area (Å²) in [6.45, 7) is 0. The lowest BCUT2D eigenvalue weighted by atomic mass is 10.0. The molecule has 0 spiro atoms. The topological polar surface area (TPSA) is 127 Å². The third-order valence-electron chi connectivity index (χ3n) is 5.25. The van der Waals surface area contributed by atoms with E-state index in [0.717, 1.165) is 5.41 Å². The average Bonchev–Trinajstić information content (AvgIpc) is 2.87. The van der Waals surface area contributed by atoms with Crippen molar-refractivity contribution in [1.82, 2.24) is 0 Å². The van der Waals surface area contributed by atoms with E-state index >= 15 is 0 Å². The van der Waals surface area contributed by atoms with E-state index in [1.54, 1.807) is 30.4 Å². The molecule has 1 atom stereocenters. The first-order valence-electron chi connectivity index (χ1n) is 10.6. The fourth-order valence-electron chi connectivity index (χ4n) is 3.46. The summed E-state index contributed by atoms with van der Waals surface area (Å²) < 4.78 is 47.2. The van der Waals surface area contributed by atoms with Crippen molar-refractivity contribution < 1.29 is 32.3 Å². The van der Waals surface area contributed by atoms with Crippen LogP contribution in [0, 0.1) is 10.1 Å². The summed E-state index contributed by atoms with van der Waals surface area (Å²) in [5, 5.41) is 12.0. The number of hydrogen-bond donors (Lipinski definition) is 0. The van der Waals surface area contributed by atoms with Crippen LogP contribution in [0.25, 0.3) is 6.08 Å². The summed E-state index contributed by atoms with van der Waals surface area (Å²) in [6.07, 6.45) is 5.94. The minimum absolute atomic E-state index is 0.0509. The average molecular weight is 515 g/mol. The second kappa shape index (κ2) is 11.6. The molecule has 2 aromatic rings. The molecule has 0 aliphatic heterocycles. The Kier molecular flexibility index (Phi) is 8.62. The van der Waals surface area contributed by atoms with E-state index in [9.17, 15) is 18.5 Å². The van der Waals surface area contributed by atoms with Crippen LogP contribution in [0.5, 0.6) is 17.2 Å². The van der Waals surface area contributed by atoms with E-state index in [1.165, 1.54) is 58.8 Å². The van der Waals surface area contributed by atoms with Gasteiger partial charge in [-0.3, -0.25) is 15.1 Å². The van der Waals surface area contributed by atoms with Crippen LogP contribution in [-0.2, 0) is 14.6 Å². The third kappa shape index (κ3) is 6.58. The molecule has 190 valence electrons. The van der Waals surface area contributed by atoms with Crippen LogP contribution in [0.1, 0.15) is 5.56 Å². The van der Waals surface area contributed by atoms with Crippen molar-refractivity contribution in [3.63, 3.8) is 0 Å². The number of nitro benzene ring substituents is 1. The van der Waals surface area contributed by atoms with Crippen LogP contribution in [0.15, 0.2) is 70.6 Å².